The molecular formula is C28H23ClN2O5S. The van der Waals surface area contributed by atoms with Gasteiger partial charge in [-0.05, 0) is 60.2 Å². The zero-order valence-corrected chi connectivity index (χ0v) is 21.9. The molecule has 0 atom stereocenters. The fourth-order valence-corrected chi connectivity index (χ4v) is 5.09. The van der Waals surface area contributed by atoms with Crippen LogP contribution in [0.4, 0.5) is 5.69 Å². The van der Waals surface area contributed by atoms with Crippen LogP contribution in [0.2, 0.25) is 5.02 Å². The molecular weight excluding hydrogens is 512 g/mol. The van der Waals surface area contributed by atoms with Gasteiger partial charge in [-0.2, -0.15) is 0 Å². The molecule has 0 bridgehead atoms. The number of aromatic nitrogens is 1. The number of ether oxygens (including phenoxy) is 1. The fourth-order valence-electron chi connectivity index (χ4n) is 4.13. The largest absolute Gasteiger partial charge is 0.505 e. The summed E-state index contributed by atoms with van der Waals surface area (Å²) in [4.78, 5) is 29.4. The van der Waals surface area contributed by atoms with Crippen molar-refractivity contribution in [1.82, 2.24) is 4.57 Å². The van der Waals surface area contributed by atoms with Crippen LogP contribution in [0.1, 0.15) is 5.56 Å². The van der Waals surface area contributed by atoms with Crippen LogP contribution in [-0.4, -0.2) is 30.9 Å². The first-order chi connectivity index (χ1) is 17.8. The minimum absolute atomic E-state index is 0.0466. The summed E-state index contributed by atoms with van der Waals surface area (Å²) in [5, 5.41) is 12.3. The molecule has 37 heavy (non-hydrogen) atoms. The van der Waals surface area contributed by atoms with Crippen molar-refractivity contribution in [3.63, 3.8) is 0 Å². The molecule has 1 N–H and O–H groups in total. The van der Waals surface area contributed by atoms with E-state index in [-0.39, 0.29) is 22.4 Å². The predicted molar refractivity (Wildman–Crippen MR) is 148 cm³/mol. The minimum Gasteiger partial charge on any atom is -0.505 e. The Balaban J connectivity index is 1.77. The quantitative estimate of drug-likeness (QED) is 0.278. The Morgan fingerprint density at radius 3 is 2.38 bits per heavy atom. The van der Waals surface area contributed by atoms with Gasteiger partial charge in [0.25, 0.3) is 5.56 Å². The van der Waals surface area contributed by atoms with E-state index in [4.69, 9.17) is 20.8 Å². The summed E-state index contributed by atoms with van der Waals surface area (Å²) < 4.78 is 12.5. The summed E-state index contributed by atoms with van der Waals surface area (Å²) >= 11 is 6.99. The Hall–Kier alpha value is -3.88. The predicted octanol–water partition coefficient (Wildman–Crippen LogP) is 5.74. The first-order valence-corrected chi connectivity index (χ1v) is 12.6. The van der Waals surface area contributed by atoms with Gasteiger partial charge < -0.3 is 23.7 Å². The number of anilines is 1. The third-order valence-electron chi connectivity index (χ3n) is 6.08. The molecule has 9 heteroatoms. The van der Waals surface area contributed by atoms with Gasteiger partial charge in [0.15, 0.2) is 11.3 Å². The van der Waals surface area contributed by atoms with Crippen molar-refractivity contribution >= 4 is 50.9 Å². The first-order valence-electron chi connectivity index (χ1n) is 11.4. The van der Waals surface area contributed by atoms with E-state index < -0.39 is 16.9 Å². The van der Waals surface area contributed by atoms with E-state index in [1.807, 2.05) is 55.4 Å². The molecule has 5 aromatic rings. The van der Waals surface area contributed by atoms with Gasteiger partial charge in [0, 0.05) is 35.1 Å². The Kier molecular flexibility index (Phi) is 6.62. The van der Waals surface area contributed by atoms with Crippen LogP contribution in [-0.2, 0) is 6.54 Å². The Morgan fingerprint density at radius 1 is 1.03 bits per heavy atom. The number of fused-ring (bicyclic) bond motifs is 3. The van der Waals surface area contributed by atoms with Gasteiger partial charge in [-0.3, -0.25) is 4.79 Å². The van der Waals surface area contributed by atoms with Crippen LogP contribution >= 0.6 is 23.4 Å². The lowest BCUT2D eigenvalue weighted by atomic mass is 10.1. The Bertz CT molecular complexity index is 1740. The second-order valence-corrected chi connectivity index (χ2v) is 10.2. The molecule has 2 heterocycles. The number of rotatable bonds is 6. The molecule has 7 nitrogen and oxygen atoms in total. The number of hydrogen-bond acceptors (Lipinski definition) is 7. The van der Waals surface area contributed by atoms with E-state index in [0.717, 1.165) is 23.0 Å². The van der Waals surface area contributed by atoms with Crippen molar-refractivity contribution in [3.8, 4) is 11.5 Å². The zero-order valence-electron chi connectivity index (χ0n) is 20.3. The molecule has 3 aromatic carbocycles. The highest BCUT2D eigenvalue weighted by molar-refractivity contribution is 7.99. The number of aromatic hydroxyl groups is 1. The average Bonchev–Trinajstić information content (AvgIpc) is 2.89. The van der Waals surface area contributed by atoms with Gasteiger partial charge in [-0.25, -0.2) is 4.79 Å². The highest BCUT2D eigenvalue weighted by atomic mass is 35.5. The van der Waals surface area contributed by atoms with Crippen molar-refractivity contribution in [2.45, 2.75) is 16.3 Å². The number of halogens is 1. The molecule has 0 radical (unpaired) electrons. The lowest BCUT2D eigenvalue weighted by molar-refractivity contribution is 0.414. The van der Waals surface area contributed by atoms with Gasteiger partial charge in [-0.1, -0.05) is 35.5 Å². The van der Waals surface area contributed by atoms with Crippen LogP contribution in [0.15, 0.2) is 90.5 Å². The monoisotopic (exact) mass is 534 g/mol. The smallest absolute Gasteiger partial charge is 0.354 e. The maximum Gasteiger partial charge on any atom is 0.354 e. The van der Waals surface area contributed by atoms with E-state index in [0.29, 0.717) is 26.6 Å². The third kappa shape index (κ3) is 4.65. The molecule has 0 saturated heterocycles. The van der Waals surface area contributed by atoms with Gasteiger partial charge >= 0.3 is 5.63 Å². The summed E-state index contributed by atoms with van der Waals surface area (Å²) in [6, 6.07) is 19.8. The van der Waals surface area contributed by atoms with Gasteiger partial charge in [0.1, 0.15) is 16.0 Å². The van der Waals surface area contributed by atoms with Crippen molar-refractivity contribution in [1.29, 1.82) is 0 Å². The summed E-state index contributed by atoms with van der Waals surface area (Å²) in [5.74, 6) is 0.302. The van der Waals surface area contributed by atoms with E-state index in [9.17, 15) is 14.7 Å². The SMILES string of the molecule is COc1ccc(Cn2c(=O)c3c(O)c(Sc4ccc(Cl)cc4)c(=O)oc3c3ccc(N(C)C)cc32)cc1. The molecule has 0 aliphatic rings. The van der Waals surface area contributed by atoms with Gasteiger partial charge in [-0.15, -0.1) is 0 Å². The fraction of sp³-hybridized carbons (Fsp3) is 0.143. The average molecular weight is 535 g/mol. The number of nitrogens with zero attached hydrogens (tertiary/aromatic N) is 2. The van der Waals surface area contributed by atoms with Crippen molar-refractivity contribution in [3.05, 3.63) is 98.1 Å². The summed E-state index contributed by atoms with van der Waals surface area (Å²) in [6.07, 6.45) is 0. The minimum atomic E-state index is -0.727. The highest BCUT2D eigenvalue weighted by Crippen LogP contribution is 2.38. The maximum absolute atomic E-state index is 13.9. The molecule has 0 saturated carbocycles. The van der Waals surface area contributed by atoms with Crippen LogP contribution in [0, 0.1) is 0 Å². The zero-order chi connectivity index (χ0) is 26.3. The third-order valence-corrected chi connectivity index (χ3v) is 7.41. The highest BCUT2D eigenvalue weighted by Gasteiger charge is 2.23. The lowest BCUT2D eigenvalue weighted by Gasteiger charge is -2.18. The van der Waals surface area contributed by atoms with Crippen LogP contribution < -0.4 is 20.8 Å². The lowest BCUT2D eigenvalue weighted by Crippen LogP contribution is -2.23. The number of methoxy groups -OCH3 is 1. The number of benzene rings is 3. The molecule has 5 rings (SSSR count). The Morgan fingerprint density at radius 2 is 1.73 bits per heavy atom. The van der Waals surface area contributed by atoms with Crippen molar-refractivity contribution < 1.29 is 14.3 Å². The number of pyridine rings is 1. The topological polar surface area (TPSA) is 84.9 Å². The first kappa shape index (κ1) is 24.8. The molecule has 0 aliphatic heterocycles. The van der Waals surface area contributed by atoms with Crippen molar-refractivity contribution in [2.75, 3.05) is 26.1 Å². The molecule has 0 spiro atoms. The van der Waals surface area contributed by atoms with Crippen molar-refractivity contribution in [2.24, 2.45) is 0 Å². The van der Waals surface area contributed by atoms with Crippen LogP contribution in [0.5, 0.6) is 11.5 Å². The number of hydrogen-bond donors (Lipinski definition) is 1. The van der Waals surface area contributed by atoms with Crippen LogP contribution in [0.3, 0.4) is 0 Å². The van der Waals surface area contributed by atoms with Gasteiger partial charge in [0.05, 0.1) is 19.2 Å². The normalized spacial score (nSPS) is 11.2. The second-order valence-electron chi connectivity index (χ2n) is 8.66. The molecule has 0 amide bonds. The summed E-state index contributed by atoms with van der Waals surface area (Å²) in [6.45, 7) is 0.240. The summed E-state index contributed by atoms with van der Waals surface area (Å²) in [5.41, 5.74) is 1.19. The Labute approximate surface area is 221 Å². The molecule has 2 aromatic heterocycles. The van der Waals surface area contributed by atoms with E-state index in [1.165, 1.54) is 0 Å². The van der Waals surface area contributed by atoms with Crippen LogP contribution in [0.25, 0.3) is 21.9 Å². The second kappa shape index (κ2) is 9.88. The summed E-state index contributed by atoms with van der Waals surface area (Å²) in [7, 11) is 5.40. The van der Waals surface area contributed by atoms with E-state index in [1.54, 1.807) is 42.0 Å². The van der Waals surface area contributed by atoms with E-state index in [2.05, 4.69) is 0 Å². The van der Waals surface area contributed by atoms with E-state index >= 15 is 0 Å². The molecule has 0 fully saturated rings. The maximum atomic E-state index is 13.9. The molecule has 0 unspecified atom stereocenters. The molecule has 188 valence electrons. The standard InChI is InChI=1S/C28H23ClN2O5S/c1-30(2)18-8-13-21-22(14-18)31(15-16-4-9-19(35-3)10-5-16)27(33)23-24(32)26(28(34)36-25(21)23)37-20-11-6-17(29)7-12-20/h4-14,32H,15H2,1-3H3. The molecule has 0 aliphatic carbocycles. The van der Waals surface area contributed by atoms with Gasteiger partial charge in [0.2, 0.25) is 0 Å².